The van der Waals surface area contributed by atoms with Gasteiger partial charge in [-0.2, -0.15) is 0 Å². The van der Waals surface area contributed by atoms with Gasteiger partial charge in [0.1, 0.15) is 11.7 Å². The van der Waals surface area contributed by atoms with Crippen LogP contribution < -0.4 is 0 Å². The molecule has 0 amide bonds. The van der Waals surface area contributed by atoms with Gasteiger partial charge in [-0.15, -0.1) is 0 Å². The Bertz CT molecular complexity index is 372. The second-order valence-corrected chi connectivity index (χ2v) is 4.21. The van der Waals surface area contributed by atoms with Gasteiger partial charge in [0, 0.05) is 6.20 Å². The summed E-state index contributed by atoms with van der Waals surface area (Å²) in [7, 11) is 0. The quantitative estimate of drug-likeness (QED) is 0.770. The third kappa shape index (κ3) is 1.78. The standard InChI is InChI=1S/C11H14N2O3/c14-8-1-4-11(5-2-8,10(15)16)9-3-6-12-7-13-9/h3,6-8,14H,1-2,4-5H2,(H,15,16). The summed E-state index contributed by atoms with van der Waals surface area (Å²) in [5, 5.41) is 18.8. The average Bonchev–Trinajstić information content (AvgIpc) is 2.31. The molecule has 2 N–H and O–H groups in total. The molecule has 1 fully saturated rings. The summed E-state index contributed by atoms with van der Waals surface area (Å²) in [6, 6.07) is 1.64. The molecule has 1 aliphatic rings. The molecular formula is C11H14N2O3. The largest absolute Gasteiger partial charge is 0.481 e. The van der Waals surface area contributed by atoms with Crippen molar-refractivity contribution in [3.8, 4) is 0 Å². The van der Waals surface area contributed by atoms with Crippen LogP contribution in [0.25, 0.3) is 0 Å². The molecule has 0 radical (unpaired) electrons. The summed E-state index contributed by atoms with van der Waals surface area (Å²) in [4.78, 5) is 19.3. The molecule has 86 valence electrons. The second kappa shape index (κ2) is 4.17. The number of aromatic nitrogens is 2. The lowest BCUT2D eigenvalue weighted by Crippen LogP contribution is -2.41. The van der Waals surface area contributed by atoms with Gasteiger partial charge in [0.05, 0.1) is 11.8 Å². The lowest BCUT2D eigenvalue weighted by molar-refractivity contribution is -0.146. The van der Waals surface area contributed by atoms with Gasteiger partial charge in [-0.3, -0.25) is 4.79 Å². The van der Waals surface area contributed by atoms with E-state index in [0.29, 0.717) is 31.4 Å². The summed E-state index contributed by atoms with van der Waals surface area (Å²) in [6.07, 6.45) is 4.42. The zero-order chi connectivity index (χ0) is 11.6. The van der Waals surface area contributed by atoms with Crippen LogP contribution in [-0.4, -0.2) is 32.3 Å². The number of nitrogens with zero attached hydrogens (tertiary/aromatic N) is 2. The third-order valence-electron chi connectivity index (χ3n) is 3.29. The van der Waals surface area contributed by atoms with E-state index in [4.69, 9.17) is 0 Å². The van der Waals surface area contributed by atoms with Crippen LogP contribution in [0.4, 0.5) is 0 Å². The van der Waals surface area contributed by atoms with Crippen LogP contribution in [-0.2, 0) is 10.2 Å². The molecule has 0 unspecified atom stereocenters. The molecule has 1 aromatic heterocycles. The Kier molecular flexibility index (Phi) is 2.87. The SMILES string of the molecule is O=C(O)C1(c2ccncn2)CCC(O)CC1. The van der Waals surface area contributed by atoms with Gasteiger partial charge in [0.25, 0.3) is 0 Å². The molecule has 16 heavy (non-hydrogen) atoms. The first-order valence-corrected chi connectivity index (χ1v) is 5.33. The minimum absolute atomic E-state index is 0.380. The van der Waals surface area contributed by atoms with E-state index in [0.717, 1.165) is 0 Å². The number of carboxylic acids is 1. The Labute approximate surface area is 93.2 Å². The summed E-state index contributed by atoms with van der Waals surface area (Å²) < 4.78 is 0. The van der Waals surface area contributed by atoms with Gasteiger partial charge >= 0.3 is 5.97 Å². The van der Waals surface area contributed by atoms with E-state index in [9.17, 15) is 15.0 Å². The molecule has 0 bridgehead atoms. The zero-order valence-corrected chi connectivity index (χ0v) is 8.83. The summed E-state index contributed by atoms with van der Waals surface area (Å²) >= 11 is 0. The maximum atomic E-state index is 11.4. The van der Waals surface area contributed by atoms with Crippen molar-refractivity contribution in [2.24, 2.45) is 0 Å². The first-order chi connectivity index (χ1) is 7.65. The van der Waals surface area contributed by atoms with E-state index < -0.39 is 11.4 Å². The molecule has 0 aromatic carbocycles. The Balaban J connectivity index is 2.34. The monoisotopic (exact) mass is 222 g/mol. The molecule has 1 aromatic rings. The van der Waals surface area contributed by atoms with Crippen LogP contribution in [0.2, 0.25) is 0 Å². The predicted octanol–water partition coefficient (Wildman–Crippen LogP) is 0.734. The Morgan fingerprint density at radius 3 is 2.62 bits per heavy atom. The first-order valence-electron chi connectivity index (χ1n) is 5.33. The Hall–Kier alpha value is -1.49. The number of rotatable bonds is 2. The summed E-state index contributed by atoms with van der Waals surface area (Å²) in [5.41, 5.74) is -0.399. The minimum atomic E-state index is -0.942. The highest BCUT2D eigenvalue weighted by molar-refractivity contribution is 5.80. The molecule has 0 saturated heterocycles. The fourth-order valence-corrected chi connectivity index (χ4v) is 2.25. The highest BCUT2D eigenvalue weighted by Crippen LogP contribution is 2.38. The van der Waals surface area contributed by atoms with E-state index >= 15 is 0 Å². The topological polar surface area (TPSA) is 83.3 Å². The highest BCUT2D eigenvalue weighted by Gasteiger charge is 2.44. The molecule has 1 aliphatic carbocycles. The number of carboxylic acid groups (broad SMARTS) is 1. The molecular weight excluding hydrogens is 208 g/mol. The number of aliphatic carboxylic acids is 1. The van der Waals surface area contributed by atoms with Crippen molar-refractivity contribution in [1.82, 2.24) is 9.97 Å². The Morgan fingerprint density at radius 2 is 2.12 bits per heavy atom. The molecule has 1 saturated carbocycles. The minimum Gasteiger partial charge on any atom is -0.481 e. The van der Waals surface area contributed by atoms with Gasteiger partial charge in [-0.25, -0.2) is 9.97 Å². The van der Waals surface area contributed by atoms with E-state index in [2.05, 4.69) is 9.97 Å². The number of hydrogen-bond donors (Lipinski definition) is 2. The number of aliphatic hydroxyl groups is 1. The van der Waals surface area contributed by atoms with Gasteiger partial charge in [-0.1, -0.05) is 0 Å². The van der Waals surface area contributed by atoms with Crippen molar-refractivity contribution in [1.29, 1.82) is 0 Å². The van der Waals surface area contributed by atoms with Crippen molar-refractivity contribution >= 4 is 5.97 Å². The van der Waals surface area contributed by atoms with E-state index in [1.165, 1.54) is 6.33 Å². The number of hydrogen-bond acceptors (Lipinski definition) is 4. The van der Waals surface area contributed by atoms with E-state index in [1.54, 1.807) is 12.3 Å². The number of carbonyl (C=O) groups is 1. The zero-order valence-electron chi connectivity index (χ0n) is 8.83. The average molecular weight is 222 g/mol. The molecule has 0 spiro atoms. The fourth-order valence-electron chi connectivity index (χ4n) is 2.25. The lowest BCUT2D eigenvalue weighted by Gasteiger charge is -2.34. The summed E-state index contributed by atoms with van der Waals surface area (Å²) in [6.45, 7) is 0. The van der Waals surface area contributed by atoms with Gasteiger partial charge in [0.2, 0.25) is 0 Å². The van der Waals surface area contributed by atoms with Crippen molar-refractivity contribution < 1.29 is 15.0 Å². The van der Waals surface area contributed by atoms with Crippen LogP contribution in [0.5, 0.6) is 0 Å². The maximum absolute atomic E-state index is 11.4. The molecule has 0 aliphatic heterocycles. The second-order valence-electron chi connectivity index (χ2n) is 4.21. The molecule has 5 nitrogen and oxygen atoms in total. The number of aliphatic hydroxyl groups excluding tert-OH is 1. The molecule has 0 atom stereocenters. The summed E-state index contributed by atoms with van der Waals surface area (Å²) in [5.74, 6) is -0.863. The van der Waals surface area contributed by atoms with Crippen molar-refractivity contribution in [3.05, 3.63) is 24.3 Å². The van der Waals surface area contributed by atoms with Crippen LogP contribution in [0.15, 0.2) is 18.6 Å². The van der Waals surface area contributed by atoms with Crippen molar-refractivity contribution in [2.75, 3.05) is 0 Å². The van der Waals surface area contributed by atoms with E-state index in [1.807, 2.05) is 0 Å². The maximum Gasteiger partial charge on any atom is 0.315 e. The van der Waals surface area contributed by atoms with Crippen LogP contribution >= 0.6 is 0 Å². The third-order valence-corrected chi connectivity index (χ3v) is 3.29. The van der Waals surface area contributed by atoms with Crippen LogP contribution in [0.1, 0.15) is 31.4 Å². The van der Waals surface area contributed by atoms with Crippen LogP contribution in [0, 0.1) is 0 Å². The Morgan fingerprint density at radius 1 is 1.44 bits per heavy atom. The first kappa shape index (κ1) is 11.0. The molecule has 5 heteroatoms. The van der Waals surface area contributed by atoms with Gasteiger partial charge in [-0.05, 0) is 31.7 Å². The fraction of sp³-hybridized carbons (Fsp3) is 0.545. The highest BCUT2D eigenvalue weighted by atomic mass is 16.4. The normalized spacial score (nSPS) is 29.9. The lowest BCUT2D eigenvalue weighted by atomic mass is 9.71. The smallest absolute Gasteiger partial charge is 0.315 e. The van der Waals surface area contributed by atoms with Gasteiger partial charge < -0.3 is 10.2 Å². The van der Waals surface area contributed by atoms with Crippen molar-refractivity contribution in [2.45, 2.75) is 37.2 Å². The molecule has 2 rings (SSSR count). The predicted molar refractivity (Wildman–Crippen MR) is 55.8 cm³/mol. The van der Waals surface area contributed by atoms with Crippen molar-refractivity contribution in [3.63, 3.8) is 0 Å². The van der Waals surface area contributed by atoms with E-state index in [-0.39, 0.29) is 6.10 Å². The molecule has 1 heterocycles. The van der Waals surface area contributed by atoms with Gasteiger partial charge in [0.15, 0.2) is 0 Å². The van der Waals surface area contributed by atoms with Crippen LogP contribution in [0.3, 0.4) is 0 Å².